The van der Waals surface area contributed by atoms with E-state index in [4.69, 9.17) is 11.6 Å². The summed E-state index contributed by atoms with van der Waals surface area (Å²) in [6, 6.07) is 5.55. The van der Waals surface area contributed by atoms with Crippen molar-refractivity contribution in [3.63, 3.8) is 0 Å². The number of hydrogen-bond donors (Lipinski definition) is 3. The molecular weight excluding hydrogens is 659 g/mol. The highest BCUT2D eigenvalue weighted by Gasteiger charge is 2.38. The predicted octanol–water partition coefficient (Wildman–Crippen LogP) is 5.00. The molecule has 1 atom stereocenters. The maximum Gasteiger partial charge on any atom is 0.420 e. The minimum absolute atomic E-state index is 0.0389. The second-order valence-corrected chi connectivity index (χ2v) is 13.1. The zero-order chi connectivity index (χ0) is 33.3. The standard InChI is InChI=1S/C31H33ClF3N7O4S/c32-23-16-19(15-22(27(23)43)31(33,34)35)17-25(28(44)40-12-10-39(11-13-40)20-1-6-36-7-2-20)38-29(45)41-8-3-21(4-9-41)42-18-26-24(5-14-47-26)37-30(42)46/h1-2,5-7,14-16,21,25,43H,3-4,8-13,17-18H2,(H,37,46)(H,38,45)/t25-/m1/s1. The van der Waals surface area contributed by atoms with Crippen LogP contribution in [0.4, 0.5) is 34.1 Å². The van der Waals surface area contributed by atoms with E-state index in [0.29, 0.717) is 58.7 Å². The number of nitrogens with one attached hydrogen (secondary N) is 2. The third kappa shape index (κ3) is 7.20. The molecule has 47 heavy (non-hydrogen) atoms. The lowest BCUT2D eigenvalue weighted by Gasteiger charge is -2.40. The van der Waals surface area contributed by atoms with E-state index in [1.165, 1.54) is 6.07 Å². The molecule has 16 heteroatoms. The molecule has 0 radical (unpaired) electrons. The van der Waals surface area contributed by atoms with Crippen LogP contribution in [-0.4, -0.2) is 94.1 Å². The Balaban J connectivity index is 1.15. The number of aromatic nitrogens is 1. The van der Waals surface area contributed by atoms with Crippen molar-refractivity contribution in [2.45, 2.75) is 44.1 Å². The van der Waals surface area contributed by atoms with Crippen LogP contribution in [0, 0.1) is 0 Å². The fourth-order valence-electron chi connectivity index (χ4n) is 6.29. The summed E-state index contributed by atoms with van der Waals surface area (Å²) in [5, 5.41) is 17.1. The number of rotatable bonds is 6. The first-order chi connectivity index (χ1) is 22.5. The topological polar surface area (TPSA) is 121 Å². The average molecular weight is 692 g/mol. The molecule has 3 aliphatic rings. The maximum atomic E-state index is 13.9. The number of likely N-dealkylation sites (tertiary alicyclic amines) is 1. The Morgan fingerprint density at radius 3 is 2.45 bits per heavy atom. The number of halogens is 4. The van der Waals surface area contributed by atoms with Gasteiger partial charge in [0, 0.05) is 74.7 Å². The van der Waals surface area contributed by atoms with Gasteiger partial charge in [-0.25, -0.2) is 9.59 Å². The number of urea groups is 2. The fraction of sp³-hybridized carbons (Fsp3) is 0.419. The number of thiophene rings is 1. The molecule has 5 heterocycles. The van der Waals surface area contributed by atoms with Gasteiger partial charge in [0.15, 0.2) is 0 Å². The molecule has 0 bridgehead atoms. The van der Waals surface area contributed by atoms with E-state index < -0.39 is 40.5 Å². The zero-order valence-electron chi connectivity index (χ0n) is 25.2. The highest BCUT2D eigenvalue weighted by molar-refractivity contribution is 7.10. The zero-order valence-corrected chi connectivity index (χ0v) is 26.7. The largest absolute Gasteiger partial charge is 0.506 e. The number of carbonyl (C=O) groups excluding carboxylic acids is 3. The molecule has 0 saturated carbocycles. The summed E-state index contributed by atoms with van der Waals surface area (Å²) in [4.78, 5) is 52.3. The summed E-state index contributed by atoms with van der Waals surface area (Å²) in [5.74, 6) is -1.53. The van der Waals surface area contributed by atoms with Crippen molar-refractivity contribution in [1.82, 2.24) is 25.0 Å². The van der Waals surface area contributed by atoms with Crippen molar-refractivity contribution in [3.8, 4) is 5.75 Å². The van der Waals surface area contributed by atoms with Crippen molar-refractivity contribution in [2.24, 2.45) is 0 Å². The third-order valence-electron chi connectivity index (χ3n) is 8.84. The van der Waals surface area contributed by atoms with Gasteiger partial charge in [-0.1, -0.05) is 11.6 Å². The van der Waals surface area contributed by atoms with Crippen LogP contribution in [0.5, 0.6) is 5.75 Å². The Morgan fingerprint density at radius 2 is 1.77 bits per heavy atom. The van der Waals surface area contributed by atoms with Gasteiger partial charge in [-0.2, -0.15) is 13.2 Å². The van der Waals surface area contributed by atoms with E-state index in [9.17, 15) is 32.7 Å². The molecular formula is C31H33ClF3N7O4S. The predicted molar refractivity (Wildman–Crippen MR) is 171 cm³/mol. The summed E-state index contributed by atoms with van der Waals surface area (Å²) in [6.07, 6.45) is -0.735. The number of aromatic hydroxyl groups is 1. The number of hydrogen-bond acceptors (Lipinski definition) is 7. The minimum Gasteiger partial charge on any atom is -0.506 e. The lowest BCUT2D eigenvalue weighted by atomic mass is 10.0. The van der Waals surface area contributed by atoms with Crippen molar-refractivity contribution in [1.29, 1.82) is 0 Å². The number of amides is 5. The van der Waals surface area contributed by atoms with Crippen LogP contribution in [0.15, 0.2) is 48.1 Å². The summed E-state index contributed by atoms with van der Waals surface area (Å²) in [5.41, 5.74) is 0.496. The Morgan fingerprint density at radius 1 is 1.06 bits per heavy atom. The first-order valence-corrected chi connectivity index (χ1v) is 16.5. The first kappa shape index (κ1) is 32.7. The number of phenols is 1. The number of anilines is 2. The molecule has 250 valence electrons. The molecule has 3 aromatic rings. The molecule has 6 rings (SSSR count). The first-order valence-electron chi connectivity index (χ1n) is 15.2. The van der Waals surface area contributed by atoms with Gasteiger partial charge < -0.3 is 35.3 Å². The molecule has 2 aromatic heterocycles. The number of benzene rings is 1. The molecule has 0 aliphatic carbocycles. The number of piperidine rings is 1. The normalized spacial score (nSPS) is 18.1. The summed E-state index contributed by atoms with van der Waals surface area (Å²) in [7, 11) is 0. The Labute approximate surface area is 277 Å². The van der Waals surface area contributed by atoms with E-state index in [1.807, 2.05) is 23.6 Å². The minimum atomic E-state index is -4.88. The second-order valence-electron chi connectivity index (χ2n) is 11.7. The second kappa shape index (κ2) is 13.5. The van der Waals surface area contributed by atoms with Crippen molar-refractivity contribution in [2.75, 3.05) is 49.5 Å². The van der Waals surface area contributed by atoms with Crippen molar-refractivity contribution in [3.05, 3.63) is 69.1 Å². The van der Waals surface area contributed by atoms with E-state index in [0.717, 1.165) is 22.3 Å². The molecule has 0 unspecified atom stereocenters. The quantitative estimate of drug-likeness (QED) is 0.335. The van der Waals surface area contributed by atoms with E-state index >= 15 is 0 Å². The Kier molecular flexibility index (Phi) is 9.37. The van der Waals surface area contributed by atoms with Crippen LogP contribution in [0.25, 0.3) is 0 Å². The lowest BCUT2D eigenvalue weighted by Crippen LogP contribution is -2.58. The van der Waals surface area contributed by atoms with Gasteiger partial charge >= 0.3 is 18.2 Å². The summed E-state index contributed by atoms with van der Waals surface area (Å²) < 4.78 is 41.0. The molecule has 2 fully saturated rings. The smallest absolute Gasteiger partial charge is 0.420 e. The van der Waals surface area contributed by atoms with Crippen molar-refractivity contribution >= 4 is 52.3 Å². The van der Waals surface area contributed by atoms with Gasteiger partial charge in [-0.3, -0.25) is 9.78 Å². The summed E-state index contributed by atoms with van der Waals surface area (Å²) in [6.45, 7) is 2.86. The highest BCUT2D eigenvalue weighted by Crippen LogP contribution is 2.40. The SMILES string of the molecule is O=C(N[C@H](Cc1cc(Cl)c(O)c(C(F)(F)F)c1)C(=O)N1CCN(c2ccncc2)CC1)N1CCC(N2Cc3sccc3NC2=O)CC1. The van der Waals surface area contributed by atoms with Gasteiger partial charge in [-0.15, -0.1) is 11.3 Å². The van der Waals surface area contributed by atoms with Gasteiger partial charge in [0.25, 0.3) is 0 Å². The van der Waals surface area contributed by atoms with E-state index in [1.54, 1.807) is 38.4 Å². The van der Waals surface area contributed by atoms with Crippen LogP contribution in [0.2, 0.25) is 5.02 Å². The Bertz CT molecular complexity index is 1630. The van der Waals surface area contributed by atoms with Gasteiger partial charge in [-0.05, 0) is 54.1 Å². The molecule has 0 spiro atoms. The van der Waals surface area contributed by atoms with Gasteiger partial charge in [0.2, 0.25) is 5.91 Å². The fourth-order valence-corrected chi connectivity index (χ4v) is 7.36. The van der Waals surface area contributed by atoms with Crippen LogP contribution in [-0.2, 0) is 23.9 Å². The number of piperazine rings is 1. The number of fused-ring (bicyclic) bond motifs is 1. The van der Waals surface area contributed by atoms with E-state index in [-0.39, 0.29) is 24.1 Å². The molecule has 1 aromatic carbocycles. The van der Waals surface area contributed by atoms with Crippen LogP contribution < -0.4 is 15.5 Å². The number of alkyl halides is 3. The van der Waals surface area contributed by atoms with E-state index in [2.05, 4.69) is 20.5 Å². The molecule has 11 nitrogen and oxygen atoms in total. The molecule has 5 amide bonds. The number of pyridine rings is 1. The average Bonchev–Trinajstić information content (AvgIpc) is 3.52. The Hall–Kier alpha value is -4.24. The maximum absolute atomic E-state index is 13.9. The monoisotopic (exact) mass is 691 g/mol. The van der Waals surface area contributed by atoms with Gasteiger partial charge in [0.1, 0.15) is 11.8 Å². The number of phenolic OH excluding ortho intramolecular Hbond substituents is 1. The van der Waals surface area contributed by atoms with Crippen LogP contribution >= 0.6 is 22.9 Å². The number of carbonyl (C=O) groups is 3. The molecule has 3 aliphatic heterocycles. The van der Waals surface area contributed by atoms with Gasteiger partial charge in [0.05, 0.1) is 22.8 Å². The molecule has 3 N–H and O–H groups in total. The van der Waals surface area contributed by atoms with Crippen LogP contribution in [0.3, 0.4) is 0 Å². The third-order valence-corrected chi connectivity index (χ3v) is 10.0. The highest BCUT2D eigenvalue weighted by atomic mass is 35.5. The molecule has 2 saturated heterocycles. The van der Waals surface area contributed by atoms with Crippen LogP contribution in [0.1, 0.15) is 28.8 Å². The van der Waals surface area contributed by atoms with Crippen molar-refractivity contribution < 1.29 is 32.7 Å². The lowest BCUT2D eigenvalue weighted by molar-refractivity contribution is -0.138. The summed E-state index contributed by atoms with van der Waals surface area (Å²) >= 11 is 7.53. The number of nitrogens with zero attached hydrogens (tertiary/aromatic N) is 5.